The molecule has 1 amide bonds. The highest BCUT2D eigenvalue weighted by Gasteiger charge is 2.24. The molecule has 32 heavy (non-hydrogen) atoms. The molecule has 0 unspecified atom stereocenters. The summed E-state index contributed by atoms with van der Waals surface area (Å²) in [6.07, 6.45) is 3.39. The summed E-state index contributed by atoms with van der Waals surface area (Å²) in [6, 6.07) is 8.93. The summed E-state index contributed by atoms with van der Waals surface area (Å²) in [4.78, 5) is 42.8. The van der Waals surface area contributed by atoms with Crippen molar-refractivity contribution in [1.29, 1.82) is 0 Å². The Balaban J connectivity index is 1.34. The predicted octanol–water partition coefficient (Wildman–Crippen LogP) is 3.21. The van der Waals surface area contributed by atoms with Crippen molar-refractivity contribution in [1.82, 2.24) is 24.4 Å². The third-order valence-corrected chi connectivity index (χ3v) is 6.90. The van der Waals surface area contributed by atoms with Crippen molar-refractivity contribution in [2.75, 3.05) is 31.1 Å². The average molecular weight is 465 g/mol. The molecule has 3 aromatic heterocycles. The maximum absolute atomic E-state index is 13.1. The van der Waals surface area contributed by atoms with Gasteiger partial charge >= 0.3 is 0 Å². The van der Waals surface area contributed by atoms with E-state index in [0.717, 1.165) is 15.5 Å². The minimum Gasteiger partial charge on any atom is -0.344 e. The number of allylic oxidation sites excluding steroid dienone is 1. The summed E-state index contributed by atoms with van der Waals surface area (Å²) < 4.78 is 1.76. The smallest absolute Gasteiger partial charge is 0.262 e. The number of hydrogen-bond acceptors (Lipinski definition) is 7. The van der Waals surface area contributed by atoms with E-state index in [1.165, 1.54) is 4.57 Å². The Morgan fingerprint density at radius 1 is 1.25 bits per heavy atom. The molecule has 0 saturated carbocycles. The van der Waals surface area contributed by atoms with Gasteiger partial charge in [-0.3, -0.25) is 14.2 Å². The Hall–Kier alpha value is -3.37. The number of piperazine rings is 1. The van der Waals surface area contributed by atoms with Gasteiger partial charge in [0.15, 0.2) is 9.90 Å². The van der Waals surface area contributed by atoms with E-state index in [1.807, 2.05) is 17.0 Å². The fourth-order valence-corrected chi connectivity index (χ4v) is 5.09. The van der Waals surface area contributed by atoms with E-state index in [0.29, 0.717) is 54.0 Å². The van der Waals surface area contributed by atoms with Gasteiger partial charge in [-0.25, -0.2) is 9.97 Å². The molecule has 162 valence electrons. The Labute approximate surface area is 192 Å². The zero-order valence-corrected chi connectivity index (χ0v) is 18.8. The topological polar surface area (TPSA) is 87.1 Å². The molecule has 1 fully saturated rings. The second kappa shape index (κ2) is 8.29. The summed E-state index contributed by atoms with van der Waals surface area (Å²) in [5.74, 6) is -0.0629. The number of nitrogens with one attached hydrogen (secondary N) is 1. The third kappa shape index (κ3) is 3.61. The number of benzene rings is 1. The first-order valence-corrected chi connectivity index (χ1v) is 11.4. The molecule has 4 heterocycles. The summed E-state index contributed by atoms with van der Waals surface area (Å²) >= 11 is 6.87. The van der Waals surface area contributed by atoms with E-state index < -0.39 is 0 Å². The van der Waals surface area contributed by atoms with Crippen LogP contribution in [0.4, 0.5) is 5.13 Å². The first kappa shape index (κ1) is 20.5. The SMILES string of the molecule is C=CCn1c(=S)[nH]c2cc(C(=O)N3CCN(c4nc5cccnc5s4)CC3)ccc2c1=O. The molecule has 0 aliphatic carbocycles. The number of thiazole rings is 1. The Morgan fingerprint density at radius 2 is 2.06 bits per heavy atom. The Bertz CT molecular complexity index is 1430. The lowest BCUT2D eigenvalue weighted by Crippen LogP contribution is -2.48. The lowest BCUT2D eigenvalue weighted by atomic mass is 10.1. The predicted molar refractivity (Wildman–Crippen MR) is 129 cm³/mol. The van der Waals surface area contributed by atoms with Gasteiger partial charge in [0.05, 0.1) is 10.9 Å². The van der Waals surface area contributed by atoms with Gasteiger partial charge in [0.25, 0.3) is 11.5 Å². The van der Waals surface area contributed by atoms with E-state index in [1.54, 1.807) is 41.8 Å². The van der Waals surface area contributed by atoms with Crippen LogP contribution in [0.15, 0.2) is 54.0 Å². The summed E-state index contributed by atoms with van der Waals surface area (Å²) in [5.41, 5.74) is 1.79. The molecule has 0 atom stereocenters. The summed E-state index contributed by atoms with van der Waals surface area (Å²) in [5, 5.41) is 1.42. The standard InChI is InChI=1S/C22H20N6O2S2/c1-2-8-28-20(30)15-6-5-14(13-17(15)24-21(28)31)19(29)26-9-11-27(12-10-26)22-25-16-4-3-7-23-18(16)32-22/h2-7,13H,1,8-12H2,(H,24,31). The van der Waals surface area contributed by atoms with Gasteiger partial charge < -0.3 is 14.8 Å². The summed E-state index contributed by atoms with van der Waals surface area (Å²) in [7, 11) is 0. The zero-order valence-electron chi connectivity index (χ0n) is 17.2. The number of fused-ring (bicyclic) bond motifs is 2. The fraction of sp³-hybridized carbons (Fsp3) is 0.227. The highest BCUT2D eigenvalue weighted by Crippen LogP contribution is 2.28. The van der Waals surface area contributed by atoms with Crippen LogP contribution in [0, 0.1) is 4.77 Å². The van der Waals surface area contributed by atoms with Crippen molar-refractivity contribution < 1.29 is 4.79 Å². The number of carbonyl (C=O) groups is 1. The van der Waals surface area contributed by atoms with Crippen molar-refractivity contribution in [3.05, 3.63) is 69.9 Å². The van der Waals surface area contributed by atoms with Gasteiger partial charge in [-0.2, -0.15) is 0 Å². The third-order valence-electron chi connectivity index (χ3n) is 5.53. The van der Waals surface area contributed by atoms with E-state index in [9.17, 15) is 9.59 Å². The number of anilines is 1. The molecule has 1 saturated heterocycles. The van der Waals surface area contributed by atoms with Gasteiger partial charge in [0.2, 0.25) is 0 Å². The van der Waals surface area contributed by atoms with Crippen LogP contribution in [0.25, 0.3) is 21.3 Å². The van der Waals surface area contributed by atoms with Gasteiger partial charge in [-0.05, 0) is 42.5 Å². The molecule has 5 rings (SSSR count). The molecule has 1 aromatic carbocycles. The second-order valence-corrected chi connectivity index (χ2v) is 8.84. The number of pyridine rings is 1. The maximum Gasteiger partial charge on any atom is 0.262 e. The molecule has 10 heteroatoms. The number of rotatable bonds is 4. The van der Waals surface area contributed by atoms with Gasteiger partial charge in [-0.1, -0.05) is 17.4 Å². The number of hydrogen-bond donors (Lipinski definition) is 1. The van der Waals surface area contributed by atoms with Crippen LogP contribution in [0.1, 0.15) is 10.4 Å². The number of carbonyl (C=O) groups excluding carboxylic acids is 1. The molecule has 4 aromatic rings. The minimum atomic E-state index is -0.193. The van der Waals surface area contributed by atoms with Crippen molar-refractivity contribution in [2.45, 2.75) is 6.54 Å². The Kier molecular flexibility index (Phi) is 5.32. The molecule has 1 aliphatic heterocycles. The lowest BCUT2D eigenvalue weighted by molar-refractivity contribution is 0.0747. The zero-order chi connectivity index (χ0) is 22.2. The van der Waals surface area contributed by atoms with Crippen molar-refractivity contribution in [2.24, 2.45) is 0 Å². The molecular formula is C22H20N6O2S2. The van der Waals surface area contributed by atoms with Crippen LogP contribution >= 0.6 is 23.6 Å². The summed E-state index contributed by atoms with van der Waals surface area (Å²) in [6.45, 7) is 6.59. The van der Waals surface area contributed by atoms with Gasteiger partial charge in [0.1, 0.15) is 10.3 Å². The van der Waals surface area contributed by atoms with E-state index >= 15 is 0 Å². The van der Waals surface area contributed by atoms with E-state index in [-0.39, 0.29) is 11.5 Å². The largest absolute Gasteiger partial charge is 0.344 e. The number of nitrogens with zero attached hydrogens (tertiary/aromatic N) is 5. The van der Waals surface area contributed by atoms with Crippen LogP contribution in [0.3, 0.4) is 0 Å². The molecule has 0 bridgehead atoms. The van der Waals surface area contributed by atoms with Crippen LogP contribution in [0.2, 0.25) is 0 Å². The number of aromatic amines is 1. The highest BCUT2D eigenvalue weighted by atomic mass is 32.1. The molecule has 8 nitrogen and oxygen atoms in total. The first-order valence-electron chi connectivity index (χ1n) is 10.2. The van der Waals surface area contributed by atoms with E-state index in [2.05, 4.69) is 26.4 Å². The van der Waals surface area contributed by atoms with Crippen molar-refractivity contribution in [3.8, 4) is 0 Å². The quantitative estimate of drug-likeness (QED) is 0.369. The molecule has 0 spiro atoms. The number of amides is 1. The van der Waals surface area contributed by atoms with Gasteiger partial charge in [0, 0.05) is 44.5 Å². The highest BCUT2D eigenvalue weighted by molar-refractivity contribution is 7.71. The van der Waals surface area contributed by atoms with Crippen LogP contribution in [-0.2, 0) is 6.54 Å². The van der Waals surface area contributed by atoms with Crippen molar-refractivity contribution >= 4 is 55.8 Å². The molecule has 1 aliphatic rings. The number of H-pyrrole nitrogens is 1. The average Bonchev–Trinajstić information content (AvgIpc) is 3.25. The van der Waals surface area contributed by atoms with Crippen molar-refractivity contribution in [3.63, 3.8) is 0 Å². The second-order valence-electron chi connectivity index (χ2n) is 7.50. The van der Waals surface area contributed by atoms with Crippen LogP contribution < -0.4 is 10.5 Å². The lowest BCUT2D eigenvalue weighted by Gasteiger charge is -2.34. The molecule has 0 radical (unpaired) electrons. The first-order chi connectivity index (χ1) is 15.5. The van der Waals surface area contributed by atoms with Crippen LogP contribution in [0.5, 0.6) is 0 Å². The normalized spacial score (nSPS) is 14.2. The van der Waals surface area contributed by atoms with Crippen LogP contribution in [-0.4, -0.2) is 56.5 Å². The minimum absolute atomic E-state index is 0.0629. The fourth-order valence-electron chi connectivity index (χ4n) is 3.86. The van der Waals surface area contributed by atoms with Gasteiger partial charge in [-0.15, -0.1) is 6.58 Å². The monoisotopic (exact) mass is 464 g/mol. The molecule has 1 N–H and O–H groups in total. The maximum atomic E-state index is 13.1. The molecular weight excluding hydrogens is 444 g/mol. The number of aromatic nitrogens is 4. The Morgan fingerprint density at radius 3 is 2.81 bits per heavy atom. The van der Waals surface area contributed by atoms with E-state index in [4.69, 9.17) is 12.2 Å².